The highest BCUT2D eigenvalue weighted by Gasteiger charge is 2.37. The Bertz CT molecular complexity index is 506. The summed E-state index contributed by atoms with van der Waals surface area (Å²) in [6, 6.07) is 3.86. The third-order valence-corrected chi connectivity index (χ3v) is 4.58. The predicted octanol–water partition coefficient (Wildman–Crippen LogP) is 1.43. The lowest BCUT2D eigenvalue weighted by molar-refractivity contribution is 0.0600. The standard InChI is InChI=1S/C15H21N3O2/c1-20-15(19)10-4-5-17-14(7-10)18-8-11-2-3-13(16)6-12(11)9-18/h4-5,7,11-13H,2-3,6,8-9,16H2,1H3/t11-,12+,13?/m1/s1. The summed E-state index contributed by atoms with van der Waals surface area (Å²) in [4.78, 5) is 18.3. The topological polar surface area (TPSA) is 68.5 Å². The van der Waals surface area contributed by atoms with Gasteiger partial charge in [0.25, 0.3) is 0 Å². The summed E-state index contributed by atoms with van der Waals surface area (Å²) in [5, 5.41) is 0. The van der Waals surface area contributed by atoms with E-state index in [-0.39, 0.29) is 5.97 Å². The largest absolute Gasteiger partial charge is 0.465 e. The smallest absolute Gasteiger partial charge is 0.338 e. The molecule has 108 valence electrons. The van der Waals surface area contributed by atoms with Crippen LogP contribution in [0.15, 0.2) is 18.3 Å². The lowest BCUT2D eigenvalue weighted by Gasteiger charge is -2.27. The molecule has 0 spiro atoms. The number of hydrogen-bond acceptors (Lipinski definition) is 5. The minimum absolute atomic E-state index is 0.313. The van der Waals surface area contributed by atoms with Crippen LogP contribution in [0.1, 0.15) is 29.6 Å². The molecule has 2 fully saturated rings. The Morgan fingerprint density at radius 2 is 2.20 bits per heavy atom. The van der Waals surface area contributed by atoms with Gasteiger partial charge in [0.1, 0.15) is 5.82 Å². The van der Waals surface area contributed by atoms with Crippen molar-refractivity contribution in [3.05, 3.63) is 23.9 Å². The fourth-order valence-electron chi connectivity index (χ4n) is 3.49. The van der Waals surface area contributed by atoms with E-state index in [1.807, 2.05) is 6.07 Å². The van der Waals surface area contributed by atoms with Crippen LogP contribution in [0, 0.1) is 11.8 Å². The lowest BCUT2D eigenvalue weighted by atomic mass is 9.79. The number of hydrogen-bond donors (Lipinski definition) is 1. The van der Waals surface area contributed by atoms with E-state index in [0.717, 1.165) is 37.7 Å². The Balaban J connectivity index is 1.76. The molecule has 2 heterocycles. The maximum absolute atomic E-state index is 11.6. The summed E-state index contributed by atoms with van der Waals surface area (Å²) in [6.07, 6.45) is 5.12. The number of carbonyl (C=O) groups excluding carboxylic acids is 1. The molecule has 5 nitrogen and oxygen atoms in total. The average molecular weight is 275 g/mol. The quantitative estimate of drug-likeness (QED) is 0.827. The van der Waals surface area contributed by atoms with Crippen molar-refractivity contribution in [2.75, 3.05) is 25.1 Å². The Hall–Kier alpha value is -1.62. The van der Waals surface area contributed by atoms with Gasteiger partial charge in [-0.2, -0.15) is 0 Å². The molecule has 1 saturated carbocycles. The van der Waals surface area contributed by atoms with Gasteiger partial charge >= 0.3 is 5.97 Å². The zero-order valence-corrected chi connectivity index (χ0v) is 11.8. The number of rotatable bonds is 2. The number of pyridine rings is 1. The van der Waals surface area contributed by atoms with Crippen LogP contribution in [-0.2, 0) is 4.74 Å². The molecule has 1 aliphatic heterocycles. The van der Waals surface area contributed by atoms with Crippen LogP contribution in [0.3, 0.4) is 0 Å². The molecular formula is C15H21N3O2. The van der Waals surface area contributed by atoms with Crippen LogP contribution in [0.5, 0.6) is 0 Å². The summed E-state index contributed by atoms with van der Waals surface area (Å²) in [5.74, 6) is 1.95. The molecule has 1 saturated heterocycles. The number of methoxy groups -OCH3 is 1. The molecule has 3 atom stereocenters. The molecule has 3 rings (SSSR count). The normalized spacial score (nSPS) is 29.1. The van der Waals surface area contributed by atoms with Crippen LogP contribution in [0.2, 0.25) is 0 Å². The molecule has 1 aliphatic carbocycles. The number of aromatic nitrogens is 1. The number of nitrogens with zero attached hydrogens (tertiary/aromatic N) is 2. The summed E-state index contributed by atoms with van der Waals surface area (Å²) in [5.41, 5.74) is 6.62. The van der Waals surface area contributed by atoms with Gasteiger partial charge in [0.2, 0.25) is 0 Å². The molecule has 1 unspecified atom stereocenters. The summed E-state index contributed by atoms with van der Waals surface area (Å²) >= 11 is 0. The minimum Gasteiger partial charge on any atom is -0.465 e. The minimum atomic E-state index is -0.313. The molecule has 0 aromatic carbocycles. The van der Waals surface area contributed by atoms with Gasteiger partial charge < -0.3 is 15.4 Å². The maximum atomic E-state index is 11.6. The number of fused-ring (bicyclic) bond motifs is 1. The molecule has 0 radical (unpaired) electrons. The van der Waals surface area contributed by atoms with E-state index < -0.39 is 0 Å². The first-order valence-electron chi connectivity index (χ1n) is 7.22. The molecule has 1 aromatic rings. The predicted molar refractivity (Wildman–Crippen MR) is 76.6 cm³/mol. The van der Waals surface area contributed by atoms with E-state index in [9.17, 15) is 4.79 Å². The van der Waals surface area contributed by atoms with Gasteiger partial charge in [-0.1, -0.05) is 0 Å². The number of nitrogens with two attached hydrogens (primary N) is 1. The van der Waals surface area contributed by atoms with Crippen molar-refractivity contribution < 1.29 is 9.53 Å². The zero-order valence-electron chi connectivity index (χ0n) is 11.8. The average Bonchev–Trinajstić information content (AvgIpc) is 2.89. The molecule has 1 aromatic heterocycles. The molecule has 20 heavy (non-hydrogen) atoms. The molecule has 5 heteroatoms. The Kier molecular flexibility index (Phi) is 3.61. The van der Waals surface area contributed by atoms with Gasteiger partial charge in [0.05, 0.1) is 12.7 Å². The monoisotopic (exact) mass is 275 g/mol. The van der Waals surface area contributed by atoms with Gasteiger partial charge in [-0.3, -0.25) is 0 Å². The second-order valence-corrected chi connectivity index (χ2v) is 5.89. The van der Waals surface area contributed by atoms with Crippen LogP contribution >= 0.6 is 0 Å². The molecular weight excluding hydrogens is 254 g/mol. The fraction of sp³-hybridized carbons (Fsp3) is 0.600. The third-order valence-electron chi connectivity index (χ3n) is 4.58. The number of anilines is 1. The van der Waals surface area contributed by atoms with Gasteiger partial charge in [0, 0.05) is 25.3 Å². The maximum Gasteiger partial charge on any atom is 0.338 e. The number of esters is 1. The third kappa shape index (κ3) is 2.50. The van der Waals surface area contributed by atoms with E-state index in [1.165, 1.54) is 13.5 Å². The second-order valence-electron chi connectivity index (χ2n) is 5.89. The van der Waals surface area contributed by atoms with Gasteiger partial charge in [0.15, 0.2) is 0 Å². The van der Waals surface area contributed by atoms with Crippen LogP contribution in [0.4, 0.5) is 5.82 Å². The number of carbonyl (C=O) groups is 1. The highest BCUT2D eigenvalue weighted by atomic mass is 16.5. The van der Waals surface area contributed by atoms with E-state index in [4.69, 9.17) is 10.5 Å². The van der Waals surface area contributed by atoms with Crippen LogP contribution in [0.25, 0.3) is 0 Å². The number of ether oxygens (including phenoxy) is 1. The Morgan fingerprint density at radius 3 is 3.00 bits per heavy atom. The first-order valence-corrected chi connectivity index (χ1v) is 7.22. The molecule has 2 N–H and O–H groups in total. The van der Waals surface area contributed by atoms with Crippen LogP contribution in [-0.4, -0.2) is 37.2 Å². The van der Waals surface area contributed by atoms with Crippen molar-refractivity contribution in [3.63, 3.8) is 0 Å². The second kappa shape index (κ2) is 5.40. The fourth-order valence-corrected chi connectivity index (χ4v) is 3.49. The van der Waals surface area contributed by atoms with Crippen molar-refractivity contribution in [1.82, 2.24) is 4.98 Å². The van der Waals surface area contributed by atoms with Gasteiger partial charge in [-0.05, 0) is 43.2 Å². The van der Waals surface area contributed by atoms with Crippen LogP contribution < -0.4 is 10.6 Å². The van der Waals surface area contributed by atoms with Crippen molar-refractivity contribution in [3.8, 4) is 0 Å². The summed E-state index contributed by atoms with van der Waals surface area (Å²) < 4.78 is 4.76. The SMILES string of the molecule is COC(=O)c1ccnc(N2C[C@H]3CCC(N)C[C@H]3C2)c1. The van der Waals surface area contributed by atoms with Gasteiger partial charge in [-0.15, -0.1) is 0 Å². The first kappa shape index (κ1) is 13.4. The lowest BCUT2D eigenvalue weighted by Crippen LogP contribution is -2.32. The molecule has 0 bridgehead atoms. The zero-order chi connectivity index (χ0) is 14.1. The first-order chi connectivity index (χ1) is 9.67. The van der Waals surface area contributed by atoms with E-state index in [1.54, 1.807) is 12.3 Å². The highest BCUT2D eigenvalue weighted by Crippen LogP contribution is 2.37. The van der Waals surface area contributed by atoms with E-state index in [0.29, 0.717) is 17.5 Å². The van der Waals surface area contributed by atoms with E-state index >= 15 is 0 Å². The highest BCUT2D eigenvalue weighted by molar-refractivity contribution is 5.90. The summed E-state index contributed by atoms with van der Waals surface area (Å²) in [7, 11) is 1.40. The van der Waals surface area contributed by atoms with Crippen molar-refractivity contribution in [1.29, 1.82) is 0 Å². The molecule has 2 aliphatic rings. The Labute approximate surface area is 119 Å². The molecule has 0 amide bonds. The Morgan fingerprint density at radius 1 is 1.40 bits per heavy atom. The van der Waals surface area contributed by atoms with Crippen molar-refractivity contribution in [2.24, 2.45) is 17.6 Å². The van der Waals surface area contributed by atoms with Crippen molar-refractivity contribution >= 4 is 11.8 Å². The summed E-state index contributed by atoms with van der Waals surface area (Å²) in [6.45, 7) is 2.02. The van der Waals surface area contributed by atoms with Crippen molar-refractivity contribution in [2.45, 2.75) is 25.3 Å². The van der Waals surface area contributed by atoms with E-state index in [2.05, 4.69) is 9.88 Å². The van der Waals surface area contributed by atoms with Gasteiger partial charge in [-0.25, -0.2) is 9.78 Å².